The molecule has 0 fully saturated rings. The molecule has 0 unspecified atom stereocenters. The van der Waals surface area contributed by atoms with Crippen LogP contribution in [0.15, 0.2) is 59.0 Å². The van der Waals surface area contributed by atoms with Crippen molar-refractivity contribution in [2.75, 3.05) is 12.1 Å². The Hall–Kier alpha value is -3.16. The molecule has 5 rings (SSSR count). The van der Waals surface area contributed by atoms with Crippen LogP contribution in [0, 0.1) is 13.8 Å². The number of benzene rings is 2. The van der Waals surface area contributed by atoms with Crippen LogP contribution in [0.4, 0.5) is 5.95 Å². The maximum atomic E-state index is 6.15. The fraction of sp³-hybridized carbons (Fsp3) is 0.174. The summed E-state index contributed by atoms with van der Waals surface area (Å²) in [5.74, 6) is 2.34. The molecule has 0 atom stereocenters. The Morgan fingerprint density at radius 3 is 2.45 bits per heavy atom. The number of anilines is 1. The molecule has 0 N–H and O–H groups in total. The summed E-state index contributed by atoms with van der Waals surface area (Å²) < 4.78 is 7.38. The van der Waals surface area contributed by atoms with Crippen molar-refractivity contribution < 1.29 is 4.74 Å². The number of nitrogens with zero attached hydrogens (tertiary/aromatic N) is 5. The Labute approximate surface area is 189 Å². The molecule has 4 aromatic rings. The molecule has 0 aliphatic carbocycles. The van der Waals surface area contributed by atoms with Crippen LogP contribution in [-0.4, -0.2) is 27.6 Å². The highest BCUT2D eigenvalue weighted by atomic mass is 35.5. The zero-order chi connectivity index (χ0) is 21.5. The summed E-state index contributed by atoms with van der Waals surface area (Å²) in [4.78, 5) is 0. The van der Waals surface area contributed by atoms with Crippen molar-refractivity contribution in [2.24, 2.45) is 5.10 Å². The molecule has 2 aromatic carbocycles. The molecule has 1 aliphatic rings. The lowest BCUT2D eigenvalue weighted by atomic mass is 10.0. The van der Waals surface area contributed by atoms with Crippen molar-refractivity contribution in [1.29, 1.82) is 0 Å². The van der Waals surface area contributed by atoms with Crippen molar-refractivity contribution >= 4 is 34.6 Å². The van der Waals surface area contributed by atoms with Gasteiger partial charge in [0.25, 0.3) is 5.95 Å². The number of rotatable bonds is 4. The van der Waals surface area contributed by atoms with E-state index in [0.717, 1.165) is 39.0 Å². The fourth-order valence-corrected chi connectivity index (χ4v) is 4.90. The van der Waals surface area contributed by atoms with E-state index in [-0.39, 0.29) is 0 Å². The molecular weight excluding hydrogens is 430 g/mol. The molecule has 1 aliphatic heterocycles. The van der Waals surface area contributed by atoms with Gasteiger partial charge in [0.15, 0.2) is 0 Å². The highest BCUT2D eigenvalue weighted by Gasteiger charge is 2.29. The van der Waals surface area contributed by atoms with E-state index in [1.165, 1.54) is 5.56 Å². The number of hydrazone groups is 1. The van der Waals surface area contributed by atoms with Crippen molar-refractivity contribution in [3.05, 3.63) is 87.0 Å². The third-order valence-electron chi connectivity index (χ3n) is 5.26. The van der Waals surface area contributed by atoms with Crippen LogP contribution in [0.25, 0.3) is 5.00 Å². The van der Waals surface area contributed by atoms with Crippen molar-refractivity contribution in [3.8, 4) is 10.8 Å². The number of methoxy groups -OCH3 is 1. The minimum absolute atomic E-state index is 0.549. The van der Waals surface area contributed by atoms with E-state index in [2.05, 4.69) is 27.1 Å². The predicted octanol–water partition coefficient (Wildman–Crippen LogP) is 5.38. The standard InChI is InChI=1S/C23H20ClN5OS/c1-14-13-31-22-20(14)21(17-6-8-18(24)9-7-17)27-28(23-26-25-15(2)29(22)23)12-16-4-10-19(30-3)11-5-16/h4-11,13H,12H2,1-3H3. The van der Waals surface area contributed by atoms with Crippen molar-refractivity contribution in [2.45, 2.75) is 20.4 Å². The second-order valence-electron chi connectivity index (χ2n) is 7.34. The minimum atomic E-state index is 0.549. The van der Waals surface area contributed by atoms with Crippen molar-refractivity contribution in [1.82, 2.24) is 14.8 Å². The maximum absolute atomic E-state index is 6.15. The van der Waals surface area contributed by atoms with Crippen LogP contribution in [0.3, 0.4) is 0 Å². The van der Waals surface area contributed by atoms with E-state index in [4.69, 9.17) is 21.4 Å². The summed E-state index contributed by atoms with van der Waals surface area (Å²) in [7, 11) is 1.67. The molecule has 0 amide bonds. The number of hydrogen-bond acceptors (Lipinski definition) is 6. The average molecular weight is 450 g/mol. The second-order valence-corrected chi connectivity index (χ2v) is 8.64. The number of thiophene rings is 1. The number of aryl methyl sites for hydroxylation is 2. The number of halogens is 1. The first kappa shape index (κ1) is 19.8. The van der Waals surface area contributed by atoms with Gasteiger partial charge in [-0.05, 0) is 54.6 Å². The van der Waals surface area contributed by atoms with Gasteiger partial charge in [0.1, 0.15) is 22.3 Å². The number of ether oxygens (including phenoxy) is 1. The van der Waals surface area contributed by atoms with E-state index in [1.807, 2.05) is 60.5 Å². The lowest BCUT2D eigenvalue weighted by Gasteiger charge is -2.18. The van der Waals surface area contributed by atoms with Crippen LogP contribution in [0.1, 0.15) is 28.1 Å². The van der Waals surface area contributed by atoms with Gasteiger partial charge in [0.05, 0.1) is 13.7 Å². The van der Waals surface area contributed by atoms with Crippen LogP contribution >= 0.6 is 22.9 Å². The zero-order valence-electron chi connectivity index (χ0n) is 17.3. The number of fused-ring (bicyclic) bond motifs is 3. The van der Waals surface area contributed by atoms with E-state index in [0.29, 0.717) is 17.5 Å². The van der Waals surface area contributed by atoms with Gasteiger partial charge in [-0.3, -0.25) is 4.57 Å². The van der Waals surface area contributed by atoms with Gasteiger partial charge >= 0.3 is 0 Å². The number of aromatic nitrogens is 3. The van der Waals surface area contributed by atoms with Gasteiger partial charge in [0.2, 0.25) is 0 Å². The normalized spacial score (nSPS) is 12.8. The largest absolute Gasteiger partial charge is 0.497 e. The smallest absolute Gasteiger partial charge is 0.253 e. The first-order valence-electron chi connectivity index (χ1n) is 9.81. The van der Waals surface area contributed by atoms with E-state index in [9.17, 15) is 0 Å². The molecular formula is C23H20ClN5OS. The molecule has 0 saturated carbocycles. The summed E-state index contributed by atoms with van der Waals surface area (Å²) in [6, 6.07) is 15.8. The topological polar surface area (TPSA) is 55.5 Å². The van der Waals surface area contributed by atoms with Crippen LogP contribution in [-0.2, 0) is 6.54 Å². The Morgan fingerprint density at radius 1 is 1.00 bits per heavy atom. The average Bonchev–Trinajstić information content (AvgIpc) is 3.30. The van der Waals surface area contributed by atoms with E-state index < -0.39 is 0 Å². The number of hydrogen-bond donors (Lipinski definition) is 0. The highest BCUT2D eigenvalue weighted by molar-refractivity contribution is 7.13. The Morgan fingerprint density at radius 2 is 1.74 bits per heavy atom. The van der Waals surface area contributed by atoms with Crippen LogP contribution in [0.5, 0.6) is 5.75 Å². The van der Waals surface area contributed by atoms with E-state index >= 15 is 0 Å². The van der Waals surface area contributed by atoms with Gasteiger partial charge in [-0.1, -0.05) is 35.9 Å². The predicted molar refractivity (Wildman–Crippen MR) is 125 cm³/mol. The van der Waals surface area contributed by atoms with Gasteiger partial charge < -0.3 is 4.74 Å². The van der Waals surface area contributed by atoms with Gasteiger partial charge in [-0.2, -0.15) is 5.10 Å². The summed E-state index contributed by atoms with van der Waals surface area (Å²) in [6.07, 6.45) is 0. The Balaban J connectivity index is 1.68. The molecule has 0 radical (unpaired) electrons. The highest BCUT2D eigenvalue weighted by Crippen LogP contribution is 2.36. The SMILES string of the molecule is COc1ccc(CN2N=C(c3ccc(Cl)cc3)c3c(C)csc3-n3c(C)nnc32)cc1. The van der Waals surface area contributed by atoms with Gasteiger partial charge in [-0.25, -0.2) is 5.01 Å². The third kappa shape index (κ3) is 3.49. The first-order chi connectivity index (χ1) is 15.0. The molecule has 6 nitrogen and oxygen atoms in total. The van der Waals surface area contributed by atoms with E-state index in [1.54, 1.807) is 18.4 Å². The molecule has 156 valence electrons. The van der Waals surface area contributed by atoms with Crippen LogP contribution in [0.2, 0.25) is 5.02 Å². The molecule has 2 aromatic heterocycles. The fourth-order valence-electron chi connectivity index (χ4n) is 3.67. The molecule has 3 heterocycles. The Kier molecular flexibility index (Phi) is 5.00. The maximum Gasteiger partial charge on any atom is 0.253 e. The lowest BCUT2D eigenvalue weighted by molar-refractivity contribution is 0.414. The summed E-state index contributed by atoms with van der Waals surface area (Å²) in [5, 5.41) is 19.8. The molecule has 0 bridgehead atoms. The summed E-state index contributed by atoms with van der Waals surface area (Å²) >= 11 is 7.82. The molecule has 0 saturated heterocycles. The minimum Gasteiger partial charge on any atom is -0.497 e. The second kappa shape index (κ2) is 7.83. The first-order valence-corrected chi connectivity index (χ1v) is 11.1. The van der Waals surface area contributed by atoms with Gasteiger partial charge in [0, 0.05) is 16.1 Å². The molecule has 31 heavy (non-hydrogen) atoms. The lowest BCUT2D eigenvalue weighted by Crippen LogP contribution is -2.20. The summed E-state index contributed by atoms with van der Waals surface area (Å²) in [6.45, 7) is 4.63. The quantitative estimate of drug-likeness (QED) is 0.419. The summed E-state index contributed by atoms with van der Waals surface area (Å²) in [5.41, 5.74) is 5.24. The van der Waals surface area contributed by atoms with Crippen LogP contribution < -0.4 is 9.75 Å². The van der Waals surface area contributed by atoms with Crippen molar-refractivity contribution in [3.63, 3.8) is 0 Å². The Bertz CT molecular complexity index is 1270. The molecule has 0 spiro atoms. The van der Waals surface area contributed by atoms with Gasteiger partial charge in [-0.15, -0.1) is 21.5 Å². The zero-order valence-corrected chi connectivity index (χ0v) is 18.9. The molecule has 8 heteroatoms. The third-order valence-corrected chi connectivity index (χ3v) is 6.60. The monoisotopic (exact) mass is 449 g/mol.